The van der Waals surface area contributed by atoms with Crippen molar-refractivity contribution in [3.63, 3.8) is 0 Å². The first-order valence-electron chi connectivity index (χ1n) is 6.74. The number of hydrogen-bond donors (Lipinski definition) is 2. The van der Waals surface area contributed by atoms with Crippen LogP contribution in [0.15, 0.2) is 12.2 Å². The van der Waals surface area contributed by atoms with E-state index in [4.69, 9.17) is 0 Å². The molecule has 0 saturated heterocycles. The Kier molecular flexibility index (Phi) is 4.56. The summed E-state index contributed by atoms with van der Waals surface area (Å²) in [6.45, 7) is 5.98. The van der Waals surface area contributed by atoms with Crippen molar-refractivity contribution < 1.29 is 5.11 Å². The second-order valence-electron chi connectivity index (χ2n) is 6.11. The number of nitrogens with one attached hydrogen (secondary N) is 1. The van der Waals surface area contributed by atoms with E-state index in [-0.39, 0.29) is 0 Å². The number of aliphatic hydroxyl groups is 1. The normalized spacial score (nSPS) is 31.4. The van der Waals surface area contributed by atoms with Crippen molar-refractivity contribution in [2.24, 2.45) is 17.8 Å². The van der Waals surface area contributed by atoms with E-state index < -0.39 is 5.60 Å². The lowest BCUT2D eigenvalue weighted by Gasteiger charge is -2.19. The Morgan fingerprint density at radius 1 is 1.35 bits per heavy atom. The van der Waals surface area contributed by atoms with Gasteiger partial charge >= 0.3 is 0 Å². The fraction of sp³-hybridized carbons (Fsp3) is 0.857. The van der Waals surface area contributed by atoms with Gasteiger partial charge in [-0.3, -0.25) is 0 Å². The maximum atomic E-state index is 9.57. The number of fused-ring (bicyclic) bond motifs is 2. The molecule has 2 nitrogen and oxygen atoms in total. The fourth-order valence-electron chi connectivity index (χ4n) is 2.88. The Balaban J connectivity index is 1.49. The van der Waals surface area contributed by atoms with Crippen molar-refractivity contribution in [2.45, 2.75) is 32.3 Å². The molecule has 1 saturated carbocycles. The van der Waals surface area contributed by atoms with Gasteiger partial charge in [0.05, 0.1) is 5.60 Å². The van der Waals surface area contributed by atoms with E-state index in [1.165, 1.54) is 19.4 Å². The number of thioether (sulfide) groups is 1. The highest BCUT2D eigenvalue weighted by Crippen LogP contribution is 2.42. The first-order chi connectivity index (χ1) is 8.04. The van der Waals surface area contributed by atoms with Crippen LogP contribution < -0.4 is 5.32 Å². The van der Waals surface area contributed by atoms with Gasteiger partial charge in [0.1, 0.15) is 0 Å². The molecule has 3 unspecified atom stereocenters. The summed E-state index contributed by atoms with van der Waals surface area (Å²) >= 11 is 1.83. The summed E-state index contributed by atoms with van der Waals surface area (Å²) in [5, 5.41) is 13.1. The van der Waals surface area contributed by atoms with Gasteiger partial charge in [-0.2, -0.15) is 11.8 Å². The molecule has 0 aliphatic heterocycles. The van der Waals surface area contributed by atoms with Gasteiger partial charge in [-0.1, -0.05) is 12.2 Å². The molecule has 0 aromatic rings. The molecule has 2 rings (SSSR count). The zero-order chi connectivity index (χ0) is 12.3. The lowest BCUT2D eigenvalue weighted by molar-refractivity contribution is 0.107. The molecule has 3 heteroatoms. The van der Waals surface area contributed by atoms with Crippen LogP contribution in [0.2, 0.25) is 0 Å². The summed E-state index contributed by atoms with van der Waals surface area (Å²) in [5.74, 6) is 4.55. The predicted molar refractivity (Wildman–Crippen MR) is 75.3 cm³/mol. The lowest BCUT2D eigenvalue weighted by atomic mass is 9.94. The highest BCUT2D eigenvalue weighted by atomic mass is 32.2. The van der Waals surface area contributed by atoms with Crippen molar-refractivity contribution in [1.29, 1.82) is 0 Å². The largest absolute Gasteiger partial charge is 0.390 e. The van der Waals surface area contributed by atoms with Gasteiger partial charge in [0.25, 0.3) is 0 Å². The molecular formula is C14H25NOS. The average molecular weight is 255 g/mol. The predicted octanol–water partition coefficient (Wildman–Crippen LogP) is 2.29. The molecule has 17 heavy (non-hydrogen) atoms. The van der Waals surface area contributed by atoms with Gasteiger partial charge in [-0.15, -0.1) is 0 Å². The van der Waals surface area contributed by atoms with E-state index in [0.29, 0.717) is 0 Å². The second-order valence-corrected chi connectivity index (χ2v) is 7.21. The summed E-state index contributed by atoms with van der Waals surface area (Å²) in [5.41, 5.74) is -0.528. The monoisotopic (exact) mass is 255 g/mol. The first-order valence-corrected chi connectivity index (χ1v) is 7.89. The average Bonchev–Trinajstić information content (AvgIpc) is 2.83. The van der Waals surface area contributed by atoms with Crippen LogP contribution in [0.3, 0.4) is 0 Å². The molecule has 2 bridgehead atoms. The molecule has 98 valence electrons. The molecule has 0 aromatic carbocycles. The van der Waals surface area contributed by atoms with E-state index in [9.17, 15) is 5.11 Å². The van der Waals surface area contributed by atoms with Crippen molar-refractivity contribution in [3.8, 4) is 0 Å². The van der Waals surface area contributed by atoms with Crippen LogP contribution in [0.5, 0.6) is 0 Å². The van der Waals surface area contributed by atoms with Gasteiger partial charge in [0, 0.05) is 18.1 Å². The number of allylic oxidation sites excluding steroid dienone is 2. The van der Waals surface area contributed by atoms with E-state index in [0.717, 1.165) is 35.8 Å². The van der Waals surface area contributed by atoms with Gasteiger partial charge in [0.2, 0.25) is 0 Å². The molecule has 0 spiro atoms. The smallest absolute Gasteiger partial charge is 0.0681 e. The van der Waals surface area contributed by atoms with Crippen LogP contribution in [0.4, 0.5) is 0 Å². The Morgan fingerprint density at radius 3 is 2.76 bits per heavy atom. The van der Waals surface area contributed by atoms with E-state index in [2.05, 4.69) is 17.5 Å². The van der Waals surface area contributed by atoms with Gasteiger partial charge in [0.15, 0.2) is 0 Å². The Labute approximate surface area is 109 Å². The Hall–Kier alpha value is 0.0100. The number of rotatable bonds is 7. The number of hydrogen-bond acceptors (Lipinski definition) is 3. The van der Waals surface area contributed by atoms with Crippen molar-refractivity contribution in [1.82, 2.24) is 5.32 Å². The summed E-state index contributed by atoms with van der Waals surface area (Å²) in [4.78, 5) is 0. The molecule has 2 N–H and O–H groups in total. The van der Waals surface area contributed by atoms with E-state index in [1.807, 2.05) is 25.6 Å². The molecule has 2 aliphatic rings. The maximum Gasteiger partial charge on any atom is 0.0681 e. The highest BCUT2D eigenvalue weighted by Gasteiger charge is 2.34. The lowest BCUT2D eigenvalue weighted by Crippen LogP contribution is -2.28. The quantitative estimate of drug-likeness (QED) is 0.541. The van der Waals surface area contributed by atoms with Gasteiger partial charge in [-0.05, 0) is 51.0 Å². The molecule has 3 atom stereocenters. The minimum atomic E-state index is -0.528. The Bertz CT molecular complexity index is 272. The van der Waals surface area contributed by atoms with Gasteiger partial charge < -0.3 is 10.4 Å². The fourth-order valence-corrected chi connectivity index (χ4v) is 3.82. The van der Waals surface area contributed by atoms with E-state index in [1.54, 1.807) is 0 Å². The standard InChI is InChI=1S/C14H25NOS/c1-14(2,16)10-17-6-5-15-9-13-8-11-3-4-12(13)7-11/h3-4,11-13,15-16H,5-10H2,1-2H3. The van der Waals surface area contributed by atoms with Crippen molar-refractivity contribution in [3.05, 3.63) is 12.2 Å². The Morgan fingerprint density at radius 2 is 2.18 bits per heavy atom. The first kappa shape index (κ1) is 13.4. The summed E-state index contributed by atoms with van der Waals surface area (Å²) < 4.78 is 0. The molecule has 1 fully saturated rings. The third-order valence-electron chi connectivity index (χ3n) is 3.70. The topological polar surface area (TPSA) is 32.3 Å². The van der Waals surface area contributed by atoms with Crippen LogP contribution >= 0.6 is 11.8 Å². The molecule has 0 radical (unpaired) electrons. The van der Waals surface area contributed by atoms with Crippen LogP contribution in [-0.2, 0) is 0 Å². The van der Waals surface area contributed by atoms with Crippen LogP contribution in [0.25, 0.3) is 0 Å². The zero-order valence-corrected chi connectivity index (χ0v) is 11.8. The molecular weight excluding hydrogens is 230 g/mol. The third-order valence-corrected chi connectivity index (χ3v) is 5.10. The zero-order valence-electron chi connectivity index (χ0n) is 11.0. The van der Waals surface area contributed by atoms with Crippen LogP contribution in [0, 0.1) is 17.8 Å². The summed E-state index contributed by atoms with van der Waals surface area (Å²) in [6.07, 6.45) is 7.62. The summed E-state index contributed by atoms with van der Waals surface area (Å²) in [7, 11) is 0. The molecule has 0 heterocycles. The maximum absolute atomic E-state index is 9.57. The van der Waals surface area contributed by atoms with Gasteiger partial charge in [-0.25, -0.2) is 0 Å². The summed E-state index contributed by atoms with van der Waals surface area (Å²) in [6, 6.07) is 0. The van der Waals surface area contributed by atoms with Crippen LogP contribution in [-0.4, -0.2) is 35.3 Å². The van der Waals surface area contributed by atoms with E-state index >= 15 is 0 Å². The molecule has 0 amide bonds. The minimum absolute atomic E-state index is 0.528. The third kappa shape index (κ3) is 4.31. The minimum Gasteiger partial charge on any atom is -0.390 e. The SMILES string of the molecule is CC(C)(O)CSCCNCC1CC2C=CC1C2. The highest BCUT2D eigenvalue weighted by molar-refractivity contribution is 7.99. The van der Waals surface area contributed by atoms with Crippen molar-refractivity contribution in [2.75, 3.05) is 24.6 Å². The molecule has 0 aromatic heterocycles. The second kappa shape index (κ2) is 5.77. The van der Waals surface area contributed by atoms with Crippen molar-refractivity contribution >= 4 is 11.8 Å². The molecule has 2 aliphatic carbocycles. The van der Waals surface area contributed by atoms with Crippen LogP contribution in [0.1, 0.15) is 26.7 Å².